The number of thiocarbonyl (C=S) groups is 1. The summed E-state index contributed by atoms with van der Waals surface area (Å²) in [7, 11) is 0. The standard InChI is InChI=1S/C17H17NO5S2/c1-9(2)5-11(16(20)21)18-15(19)14(25-17(18)24)7-10-3-4-12-13(6-10)23-8-22-12/h3-4,6-7,9,11H,5,8H2,1-2H3,(H,20,21)/b14-7-/t11-/m1/s1. The van der Waals surface area contributed by atoms with E-state index in [0.29, 0.717) is 22.8 Å². The number of carbonyl (C=O) groups is 2. The van der Waals surface area contributed by atoms with Crippen LogP contribution in [0, 0.1) is 5.92 Å². The Bertz CT molecular complexity index is 774. The van der Waals surface area contributed by atoms with Crippen LogP contribution in [-0.2, 0) is 9.59 Å². The molecule has 3 rings (SSSR count). The number of thioether (sulfide) groups is 1. The van der Waals surface area contributed by atoms with Crippen LogP contribution in [0.25, 0.3) is 6.08 Å². The van der Waals surface area contributed by atoms with Gasteiger partial charge in [0.2, 0.25) is 6.79 Å². The number of fused-ring (bicyclic) bond motifs is 1. The fourth-order valence-corrected chi connectivity index (χ4v) is 4.02. The van der Waals surface area contributed by atoms with Gasteiger partial charge in [0.05, 0.1) is 4.91 Å². The van der Waals surface area contributed by atoms with Gasteiger partial charge in [0.25, 0.3) is 5.91 Å². The van der Waals surface area contributed by atoms with E-state index < -0.39 is 12.0 Å². The van der Waals surface area contributed by atoms with Crippen LogP contribution in [0.1, 0.15) is 25.8 Å². The average molecular weight is 379 g/mol. The van der Waals surface area contributed by atoms with Gasteiger partial charge < -0.3 is 14.6 Å². The fourth-order valence-electron chi connectivity index (χ4n) is 2.67. The summed E-state index contributed by atoms with van der Waals surface area (Å²) in [6.45, 7) is 4.00. The van der Waals surface area contributed by atoms with E-state index in [1.165, 1.54) is 4.90 Å². The van der Waals surface area contributed by atoms with Gasteiger partial charge in [-0.25, -0.2) is 4.79 Å². The SMILES string of the molecule is CC(C)C[C@H](C(=O)O)N1C(=O)/C(=C/c2ccc3c(c2)OCO3)SC1=S. The molecule has 1 atom stereocenters. The summed E-state index contributed by atoms with van der Waals surface area (Å²) in [4.78, 5) is 25.9. The van der Waals surface area contributed by atoms with Gasteiger partial charge in [0.1, 0.15) is 10.4 Å². The molecule has 1 amide bonds. The summed E-state index contributed by atoms with van der Waals surface area (Å²) >= 11 is 6.37. The van der Waals surface area contributed by atoms with Crippen LogP contribution in [-0.4, -0.2) is 39.0 Å². The minimum atomic E-state index is -1.05. The first-order chi connectivity index (χ1) is 11.9. The normalized spacial score (nSPS) is 19.2. The van der Waals surface area contributed by atoms with Crippen LogP contribution in [0.15, 0.2) is 23.1 Å². The maximum absolute atomic E-state index is 12.7. The number of ether oxygens (including phenoxy) is 2. The largest absolute Gasteiger partial charge is 0.480 e. The number of hydrogen-bond acceptors (Lipinski definition) is 6. The maximum atomic E-state index is 12.7. The second-order valence-corrected chi connectivity index (χ2v) is 7.82. The number of benzene rings is 1. The van der Waals surface area contributed by atoms with E-state index in [-0.39, 0.29) is 22.9 Å². The zero-order chi connectivity index (χ0) is 18.1. The van der Waals surface area contributed by atoms with Crippen molar-refractivity contribution < 1.29 is 24.2 Å². The topological polar surface area (TPSA) is 76.1 Å². The van der Waals surface area contributed by atoms with E-state index in [4.69, 9.17) is 21.7 Å². The van der Waals surface area contributed by atoms with Crippen molar-refractivity contribution in [3.05, 3.63) is 28.7 Å². The molecule has 2 heterocycles. The van der Waals surface area contributed by atoms with Crippen molar-refractivity contribution in [2.45, 2.75) is 26.3 Å². The van der Waals surface area contributed by atoms with Crippen molar-refractivity contribution in [2.75, 3.05) is 6.79 Å². The maximum Gasteiger partial charge on any atom is 0.326 e. The van der Waals surface area contributed by atoms with E-state index in [0.717, 1.165) is 17.3 Å². The summed E-state index contributed by atoms with van der Waals surface area (Å²) < 4.78 is 10.9. The molecule has 0 spiro atoms. The quantitative estimate of drug-likeness (QED) is 0.622. The van der Waals surface area contributed by atoms with Gasteiger partial charge in [-0.3, -0.25) is 9.69 Å². The van der Waals surface area contributed by atoms with Crippen molar-refractivity contribution in [3.8, 4) is 11.5 Å². The van der Waals surface area contributed by atoms with Crippen LogP contribution in [0.2, 0.25) is 0 Å². The molecule has 1 saturated heterocycles. The number of nitrogens with zero attached hydrogens (tertiary/aromatic N) is 1. The lowest BCUT2D eigenvalue weighted by atomic mass is 10.0. The van der Waals surface area contributed by atoms with Gasteiger partial charge in [-0.2, -0.15) is 0 Å². The molecule has 1 fully saturated rings. The predicted octanol–water partition coefficient (Wildman–Crippen LogP) is 3.12. The molecule has 2 aliphatic rings. The molecule has 0 radical (unpaired) electrons. The number of carbonyl (C=O) groups excluding carboxylic acids is 1. The smallest absolute Gasteiger partial charge is 0.326 e. The van der Waals surface area contributed by atoms with Gasteiger partial charge in [-0.1, -0.05) is 43.9 Å². The summed E-state index contributed by atoms with van der Waals surface area (Å²) in [6, 6.07) is 4.41. The molecule has 1 aromatic carbocycles. The molecule has 0 saturated carbocycles. The van der Waals surface area contributed by atoms with Crippen molar-refractivity contribution in [1.29, 1.82) is 0 Å². The molecule has 6 nitrogen and oxygen atoms in total. The lowest BCUT2D eigenvalue weighted by Crippen LogP contribution is -2.44. The molecule has 1 N–H and O–H groups in total. The summed E-state index contributed by atoms with van der Waals surface area (Å²) in [5.41, 5.74) is 0.764. The second-order valence-electron chi connectivity index (χ2n) is 6.15. The van der Waals surface area contributed by atoms with Crippen LogP contribution >= 0.6 is 24.0 Å². The van der Waals surface area contributed by atoms with Crippen LogP contribution in [0.3, 0.4) is 0 Å². The Labute approximate surface area is 154 Å². The van der Waals surface area contributed by atoms with Gasteiger partial charge >= 0.3 is 5.97 Å². The lowest BCUT2D eigenvalue weighted by molar-refractivity contribution is -0.145. The van der Waals surface area contributed by atoms with Crippen molar-refractivity contribution in [2.24, 2.45) is 5.92 Å². The first-order valence-electron chi connectivity index (χ1n) is 7.76. The molecule has 1 aromatic rings. The summed E-state index contributed by atoms with van der Waals surface area (Å²) in [5, 5.41) is 9.49. The molecule has 0 unspecified atom stereocenters. The Morgan fingerprint density at radius 1 is 1.40 bits per heavy atom. The molecule has 0 aromatic heterocycles. The Morgan fingerprint density at radius 2 is 2.12 bits per heavy atom. The number of rotatable bonds is 5. The zero-order valence-corrected chi connectivity index (χ0v) is 15.4. The summed E-state index contributed by atoms with van der Waals surface area (Å²) in [5.74, 6) is -0.0151. The molecular weight excluding hydrogens is 362 g/mol. The Hall–Kier alpha value is -2.06. The number of carboxylic acids is 1. The van der Waals surface area contributed by atoms with Crippen molar-refractivity contribution >= 4 is 46.3 Å². The van der Waals surface area contributed by atoms with Crippen molar-refractivity contribution in [3.63, 3.8) is 0 Å². The van der Waals surface area contributed by atoms with Crippen LogP contribution in [0.4, 0.5) is 0 Å². The van der Waals surface area contributed by atoms with Crippen LogP contribution in [0.5, 0.6) is 11.5 Å². The first-order valence-corrected chi connectivity index (χ1v) is 8.99. The number of aliphatic carboxylic acids is 1. The van der Waals surface area contributed by atoms with Gasteiger partial charge in [-0.05, 0) is 36.1 Å². The van der Waals surface area contributed by atoms with Gasteiger partial charge in [0, 0.05) is 0 Å². The predicted molar refractivity (Wildman–Crippen MR) is 98.5 cm³/mol. The second kappa shape index (κ2) is 7.05. The van der Waals surface area contributed by atoms with E-state index in [1.54, 1.807) is 18.2 Å². The minimum absolute atomic E-state index is 0.128. The monoisotopic (exact) mass is 379 g/mol. The Kier molecular flexibility index (Phi) is 5.01. The minimum Gasteiger partial charge on any atom is -0.480 e. The van der Waals surface area contributed by atoms with E-state index in [1.807, 2.05) is 19.9 Å². The molecule has 0 aliphatic carbocycles. The molecule has 132 valence electrons. The highest BCUT2D eigenvalue weighted by atomic mass is 32.2. The summed E-state index contributed by atoms with van der Waals surface area (Å²) in [6.07, 6.45) is 2.04. The van der Waals surface area contributed by atoms with Crippen molar-refractivity contribution in [1.82, 2.24) is 4.90 Å². The van der Waals surface area contributed by atoms with E-state index in [2.05, 4.69) is 0 Å². The zero-order valence-electron chi connectivity index (χ0n) is 13.7. The number of carboxylic acid groups (broad SMARTS) is 1. The van der Waals surface area contributed by atoms with Gasteiger partial charge in [0.15, 0.2) is 11.5 Å². The molecule has 8 heteroatoms. The van der Waals surface area contributed by atoms with Crippen LogP contribution < -0.4 is 9.47 Å². The Balaban J connectivity index is 1.86. The highest BCUT2D eigenvalue weighted by Gasteiger charge is 2.40. The van der Waals surface area contributed by atoms with E-state index >= 15 is 0 Å². The first kappa shape index (κ1) is 17.8. The third kappa shape index (κ3) is 3.64. The van der Waals surface area contributed by atoms with E-state index in [9.17, 15) is 14.7 Å². The third-order valence-corrected chi connectivity index (χ3v) is 5.14. The lowest BCUT2D eigenvalue weighted by Gasteiger charge is -2.24. The Morgan fingerprint density at radius 3 is 2.80 bits per heavy atom. The highest BCUT2D eigenvalue weighted by molar-refractivity contribution is 8.26. The average Bonchev–Trinajstić information content (AvgIpc) is 3.10. The highest BCUT2D eigenvalue weighted by Crippen LogP contribution is 2.37. The molecule has 25 heavy (non-hydrogen) atoms. The molecular formula is C17H17NO5S2. The molecule has 0 bridgehead atoms. The van der Waals surface area contributed by atoms with Gasteiger partial charge in [-0.15, -0.1) is 0 Å². The number of hydrogen-bond donors (Lipinski definition) is 1. The molecule has 2 aliphatic heterocycles. The fraction of sp³-hybridized carbons (Fsp3) is 0.353. The third-order valence-electron chi connectivity index (χ3n) is 3.81. The number of amides is 1.